The molecule has 0 bridgehead atoms. The third-order valence-corrected chi connectivity index (χ3v) is 2.91. The summed E-state index contributed by atoms with van der Waals surface area (Å²) in [6, 6.07) is 8.20. The molecule has 1 aromatic carbocycles. The van der Waals surface area contributed by atoms with Crippen LogP contribution in [0, 0.1) is 0 Å². The molecule has 1 atom stereocenters. The average molecular weight is 240 g/mol. The Kier molecular flexibility index (Phi) is 5.66. The first-order valence-corrected chi connectivity index (χ1v) is 6.55. The largest absolute Gasteiger partial charge is 0.390 e. The minimum Gasteiger partial charge on any atom is -0.390 e. The number of rotatable bonds is 6. The van der Waals surface area contributed by atoms with Gasteiger partial charge >= 0.3 is 0 Å². The number of nitrogens with zero attached hydrogens (tertiary/aromatic N) is 1. The molecule has 1 rings (SSSR count). The maximum absolute atomic E-state index is 9.70. The number of benzene rings is 1. The van der Waals surface area contributed by atoms with Gasteiger partial charge in [-0.3, -0.25) is 0 Å². The molecule has 0 aromatic heterocycles. The van der Waals surface area contributed by atoms with Gasteiger partial charge in [0.2, 0.25) is 0 Å². The van der Waals surface area contributed by atoms with Crippen molar-refractivity contribution in [3.05, 3.63) is 24.3 Å². The Hall–Kier alpha value is -0.710. The summed E-state index contributed by atoms with van der Waals surface area (Å²) < 4.78 is 0. The molecule has 0 aliphatic heterocycles. The van der Waals surface area contributed by atoms with E-state index >= 15 is 0 Å². The fraction of sp³-hybridized carbons (Fsp3) is 0.500. The van der Waals surface area contributed by atoms with Crippen molar-refractivity contribution in [3.8, 4) is 0 Å². The van der Waals surface area contributed by atoms with Crippen LogP contribution in [0.2, 0.25) is 0 Å². The average Bonchev–Trinajstić information content (AvgIpc) is 2.26. The van der Waals surface area contributed by atoms with Gasteiger partial charge in [-0.15, -0.1) is 11.8 Å². The molecule has 0 heterocycles. The second kappa shape index (κ2) is 6.78. The van der Waals surface area contributed by atoms with E-state index in [0.717, 1.165) is 5.69 Å². The minimum atomic E-state index is -0.340. The molecular formula is C12H20N2OS. The van der Waals surface area contributed by atoms with Crippen LogP contribution in [-0.2, 0) is 0 Å². The summed E-state index contributed by atoms with van der Waals surface area (Å²) in [5, 5.41) is 12.9. The van der Waals surface area contributed by atoms with E-state index in [-0.39, 0.29) is 6.10 Å². The Balaban J connectivity index is 2.41. The predicted octanol–water partition coefficient (Wildman–Crippen LogP) is 1.74. The third-order valence-electron chi connectivity index (χ3n) is 2.19. The first-order valence-electron chi connectivity index (χ1n) is 5.32. The zero-order chi connectivity index (χ0) is 12.0. The number of aliphatic hydroxyl groups is 1. The molecule has 4 heteroatoms. The summed E-state index contributed by atoms with van der Waals surface area (Å²) >= 11 is 1.72. The van der Waals surface area contributed by atoms with Crippen LogP contribution in [0.4, 0.5) is 5.69 Å². The lowest BCUT2D eigenvalue weighted by Crippen LogP contribution is -2.31. The molecule has 0 fully saturated rings. The molecule has 2 N–H and O–H groups in total. The van der Waals surface area contributed by atoms with Crippen molar-refractivity contribution in [2.45, 2.75) is 11.0 Å². The van der Waals surface area contributed by atoms with Crippen LogP contribution in [0.5, 0.6) is 0 Å². The van der Waals surface area contributed by atoms with Crippen molar-refractivity contribution >= 4 is 17.4 Å². The van der Waals surface area contributed by atoms with E-state index in [1.54, 1.807) is 11.8 Å². The summed E-state index contributed by atoms with van der Waals surface area (Å²) in [5.41, 5.74) is 1.06. The van der Waals surface area contributed by atoms with Gasteiger partial charge in [-0.05, 0) is 38.6 Å². The number of hydrogen-bond acceptors (Lipinski definition) is 4. The number of anilines is 1. The van der Waals surface area contributed by atoms with Gasteiger partial charge in [0.15, 0.2) is 0 Å². The standard InChI is InChI=1S/C12H20N2OS/c1-14(2)9-11(15)8-13-10-5-4-6-12(7-10)16-3/h4-7,11,13,15H,8-9H2,1-3H3. The molecule has 1 unspecified atom stereocenters. The SMILES string of the molecule is CSc1cccc(NCC(O)CN(C)C)c1. The molecule has 0 aliphatic rings. The van der Waals surface area contributed by atoms with Gasteiger partial charge in [0.1, 0.15) is 0 Å². The Labute approximate surface area is 102 Å². The summed E-state index contributed by atoms with van der Waals surface area (Å²) in [7, 11) is 3.91. The van der Waals surface area contributed by atoms with Gasteiger partial charge in [-0.1, -0.05) is 6.07 Å². The van der Waals surface area contributed by atoms with Crippen molar-refractivity contribution in [1.82, 2.24) is 4.90 Å². The van der Waals surface area contributed by atoms with E-state index in [9.17, 15) is 5.11 Å². The van der Waals surface area contributed by atoms with Crippen LogP contribution in [0.1, 0.15) is 0 Å². The molecule has 0 saturated heterocycles. The van der Waals surface area contributed by atoms with Crippen molar-refractivity contribution in [2.75, 3.05) is 38.8 Å². The van der Waals surface area contributed by atoms with Gasteiger partial charge in [0.05, 0.1) is 6.10 Å². The number of likely N-dealkylation sites (N-methyl/N-ethyl adjacent to an activating group) is 1. The molecule has 90 valence electrons. The molecule has 16 heavy (non-hydrogen) atoms. The third kappa shape index (κ3) is 4.88. The van der Waals surface area contributed by atoms with Crippen LogP contribution in [0.15, 0.2) is 29.2 Å². The first-order chi connectivity index (χ1) is 7.61. The molecule has 0 spiro atoms. The predicted molar refractivity (Wildman–Crippen MR) is 71.3 cm³/mol. The normalized spacial score (nSPS) is 12.8. The molecule has 1 aromatic rings. The second-order valence-corrected chi connectivity index (χ2v) is 4.91. The van der Waals surface area contributed by atoms with Crippen molar-refractivity contribution in [3.63, 3.8) is 0 Å². The van der Waals surface area contributed by atoms with Crippen LogP contribution in [0.25, 0.3) is 0 Å². The lowest BCUT2D eigenvalue weighted by atomic mass is 10.3. The first kappa shape index (κ1) is 13.4. The van der Waals surface area contributed by atoms with Crippen LogP contribution in [-0.4, -0.2) is 49.6 Å². The monoisotopic (exact) mass is 240 g/mol. The summed E-state index contributed by atoms with van der Waals surface area (Å²) in [5.74, 6) is 0. The van der Waals surface area contributed by atoms with Crippen LogP contribution < -0.4 is 5.32 Å². The second-order valence-electron chi connectivity index (χ2n) is 4.03. The molecule has 0 aliphatic carbocycles. The van der Waals surface area contributed by atoms with E-state index in [0.29, 0.717) is 13.1 Å². The van der Waals surface area contributed by atoms with Gasteiger partial charge < -0.3 is 15.3 Å². The summed E-state index contributed by atoms with van der Waals surface area (Å²) in [6.45, 7) is 1.26. The summed E-state index contributed by atoms with van der Waals surface area (Å²) in [6.07, 6.45) is 1.72. The molecule has 3 nitrogen and oxygen atoms in total. The summed E-state index contributed by atoms with van der Waals surface area (Å²) in [4.78, 5) is 3.21. The Morgan fingerprint density at radius 2 is 2.19 bits per heavy atom. The van der Waals surface area contributed by atoms with E-state index in [2.05, 4.69) is 23.7 Å². The van der Waals surface area contributed by atoms with E-state index in [1.165, 1.54) is 4.90 Å². The highest BCUT2D eigenvalue weighted by Crippen LogP contribution is 2.18. The van der Waals surface area contributed by atoms with Crippen molar-refractivity contribution in [2.24, 2.45) is 0 Å². The van der Waals surface area contributed by atoms with E-state index < -0.39 is 0 Å². The molecular weight excluding hydrogens is 220 g/mol. The quantitative estimate of drug-likeness (QED) is 0.743. The van der Waals surface area contributed by atoms with E-state index in [1.807, 2.05) is 31.1 Å². The number of hydrogen-bond donors (Lipinski definition) is 2. The van der Waals surface area contributed by atoms with Crippen LogP contribution >= 0.6 is 11.8 Å². The number of thioether (sulfide) groups is 1. The molecule has 0 amide bonds. The minimum absolute atomic E-state index is 0.340. The molecule has 0 saturated carbocycles. The van der Waals surface area contributed by atoms with E-state index in [4.69, 9.17) is 0 Å². The maximum atomic E-state index is 9.70. The topological polar surface area (TPSA) is 35.5 Å². The Morgan fingerprint density at radius 1 is 1.44 bits per heavy atom. The lowest BCUT2D eigenvalue weighted by Gasteiger charge is -2.17. The zero-order valence-corrected chi connectivity index (χ0v) is 10.9. The fourth-order valence-corrected chi connectivity index (χ4v) is 1.91. The van der Waals surface area contributed by atoms with Gasteiger partial charge in [-0.2, -0.15) is 0 Å². The fourth-order valence-electron chi connectivity index (χ4n) is 1.45. The van der Waals surface area contributed by atoms with Gasteiger partial charge in [-0.25, -0.2) is 0 Å². The van der Waals surface area contributed by atoms with Crippen molar-refractivity contribution in [1.29, 1.82) is 0 Å². The highest BCUT2D eigenvalue weighted by atomic mass is 32.2. The van der Waals surface area contributed by atoms with Gasteiger partial charge in [0.25, 0.3) is 0 Å². The Bertz CT molecular complexity index is 318. The zero-order valence-electron chi connectivity index (χ0n) is 10.1. The van der Waals surface area contributed by atoms with Crippen LogP contribution in [0.3, 0.4) is 0 Å². The highest BCUT2D eigenvalue weighted by molar-refractivity contribution is 7.98. The number of nitrogens with one attached hydrogen (secondary N) is 1. The van der Waals surface area contributed by atoms with Gasteiger partial charge in [0, 0.05) is 23.7 Å². The lowest BCUT2D eigenvalue weighted by molar-refractivity contribution is 0.148. The smallest absolute Gasteiger partial charge is 0.0838 e. The maximum Gasteiger partial charge on any atom is 0.0838 e. The highest BCUT2D eigenvalue weighted by Gasteiger charge is 2.04. The van der Waals surface area contributed by atoms with Crippen molar-refractivity contribution < 1.29 is 5.11 Å². The molecule has 0 radical (unpaired) electrons. The Morgan fingerprint density at radius 3 is 2.81 bits per heavy atom. The number of aliphatic hydroxyl groups excluding tert-OH is 1.